The van der Waals surface area contributed by atoms with Crippen LogP contribution in [0.1, 0.15) is 31.2 Å². The van der Waals surface area contributed by atoms with Crippen molar-refractivity contribution in [3.8, 4) is 33.9 Å². The van der Waals surface area contributed by atoms with E-state index in [0.29, 0.717) is 11.5 Å². The molecule has 0 radical (unpaired) electrons. The summed E-state index contributed by atoms with van der Waals surface area (Å²) in [5.41, 5.74) is 7.89. The fourth-order valence-corrected chi connectivity index (χ4v) is 5.28. The Morgan fingerprint density at radius 2 is 1.92 bits per heavy atom. The molecule has 0 spiro atoms. The molecule has 1 fully saturated rings. The van der Waals surface area contributed by atoms with Gasteiger partial charge in [-0.2, -0.15) is 5.10 Å². The van der Waals surface area contributed by atoms with Gasteiger partial charge < -0.3 is 14.7 Å². The van der Waals surface area contributed by atoms with Gasteiger partial charge in [0.25, 0.3) is 0 Å². The first kappa shape index (κ1) is 21.9. The lowest BCUT2D eigenvalue weighted by molar-refractivity contribution is 0.489. The monoisotopic (exact) mass is 490 g/mol. The van der Waals surface area contributed by atoms with E-state index in [-0.39, 0.29) is 0 Å². The van der Waals surface area contributed by atoms with Crippen LogP contribution >= 0.6 is 0 Å². The molecule has 1 saturated carbocycles. The summed E-state index contributed by atoms with van der Waals surface area (Å²) in [7, 11) is 0. The molecule has 0 amide bonds. The van der Waals surface area contributed by atoms with E-state index >= 15 is 0 Å². The Bertz CT molecular complexity index is 1680. The highest BCUT2D eigenvalue weighted by molar-refractivity contribution is 5.96. The predicted molar refractivity (Wildman–Crippen MR) is 141 cm³/mol. The highest BCUT2D eigenvalue weighted by atomic mass is 16.3. The van der Waals surface area contributed by atoms with Crippen LogP contribution in [0, 0.1) is 5.92 Å². The normalized spacial score (nSPS) is 14.3. The lowest BCUT2D eigenvalue weighted by Crippen LogP contribution is -2.20. The van der Waals surface area contributed by atoms with Gasteiger partial charge in [0, 0.05) is 48.0 Å². The van der Waals surface area contributed by atoms with Crippen LogP contribution in [0.3, 0.4) is 0 Å². The van der Waals surface area contributed by atoms with Gasteiger partial charge >= 0.3 is 0 Å². The van der Waals surface area contributed by atoms with Gasteiger partial charge in [0.2, 0.25) is 0 Å². The molecule has 1 aliphatic carbocycles. The predicted octanol–water partition coefficient (Wildman–Crippen LogP) is 5.50. The van der Waals surface area contributed by atoms with E-state index in [1.54, 1.807) is 18.7 Å². The Kier molecular flexibility index (Phi) is 5.47. The molecule has 0 aromatic carbocycles. The second-order valence-corrected chi connectivity index (χ2v) is 9.71. The standard InChI is InChI=1S/C28H26N8O/c1-2-4-17(3-1)11-29-12-18-9-20(14-30-13-18)21-10-22-25(35-36-27(22)32-15-21)28-33-23-5-7-31-24(26(23)34-28)19-6-8-37-16-19/h5-10,13-17,29H,1-4,11-12H2,(H,33,34)(H,32,35,36). The third-order valence-electron chi connectivity index (χ3n) is 7.21. The topological polar surface area (TPSA) is 121 Å². The van der Waals surface area contributed by atoms with E-state index in [2.05, 4.69) is 47.6 Å². The zero-order chi connectivity index (χ0) is 24.6. The number of fused-ring (bicyclic) bond motifs is 2. The summed E-state index contributed by atoms with van der Waals surface area (Å²) in [6.07, 6.45) is 16.1. The summed E-state index contributed by atoms with van der Waals surface area (Å²) >= 11 is 0. The van der Waals surface area contributed by atoms with E-state index in [1.165, 1.54) is 31.2 Å². The highest BCUT2D eigenvalue weighted by Gasteiger charge is 2.17. The smallest absolute Gasteiger partial charge is 0.181 e. The van der Waals surface area contributed by atoms with E-state index in [1.807, 2.05) is 30.7 Å². The van der Waals surface area contributed by atoms with Crippen molar-refractivity contribution in [1.82, 2.24) is 40.4 Å². The van der Waals surface area contributed by atoms with Crippen LogP contribution in [0.15, 0.2) is 66.0 Å². The second-order valence-electron chi connectivity index (χ2n) is 9.71. The maximum absolute atomic E-state index is 5.25. The van der Waals surface area contributed by atoms with Gasteiger partial charge in [0.05, 0.1) is 23.4 Å². The fraction of sp³-hybridized carbons (Fsp3) is 0.250. The van der Waals surface area contributed by atoms with E-state index in [9.17, 15) is 0 Å². The molecule has 1 aliphatic rings. The van der Waals surface area contributed by atoms with Crippen molar-refractivity contribution in [2.75, 3.05) is 6.54 Å². The average Bonchev–Trinajstić information content (AvgIpc) is 3.74. The maximum atomic E-state index is 5.25. The number of hydrogen-bond donors (Lipinski definition) is 3. The summed E-state index contributed by atoms with van der Waals surface area (Å²) in [4.78, 5) is 21.9. The third kappa shape index (κ3) is 4.17. The van der Waals surface area contributed by atoms with Crippen molar-refractivity contribution in [2.24, 2.45) is 5.92 Å². The van der Waals surface area contributed by atoms with Gasteiger partial charge in [-0.15, -0.1) is 0 Å². The minimum atomic E-state index is 0.634. The Balaban J connectivity index is 1.20. The van der Waals surface area contributed by atoms with Gasteiger partial charge in [0.1, 0.15) is 16.9 Å². The number of aromatic amines is 2. The molecular weight excluding hydrogens is 464 g/mol. The largest absolute Gasteiger partial charge is 0.472 e. The van der Waals surface area contributed by atoms with Crippen molar-refractivity contribution < 1.29 is 4.42 Å². The van der Waals surface area contributed by atoms with Crippen molar-refractivity contribution in [2.45, 2.75) is 32.2 Å². The van der Waals surface area contributed by atoms with Crippen LogP contribution < -0.4 is 5.32 Å². The van der Waals surface area contributed by atoms with Crippen LogP contribution in [0.4, 0.5) is 0 Å². The summed E-state index contributed by atoms with van der Waals surface area (Å²) in [5, 5.41) is 12.0. The molecule has 6 aromatic rings. The zero-order valence-corrected chi connectivity index (χ0v) is 20.2. The second kappa shape index (κ2) is 9.25. The van der Waals surface area contributed by atoms with Gasteiger partial charge in [-0.3, -0.25) is 15.1 Å². The Morgan fingerprint density at radius 1 is 1.00 bits per heavy atom. The van der Waals surface area contributed by atoms with E-state index < -0.39 is 0 Å². The zero-order valence-electron chi connectivity index (χ0n) is 20.2. The van der Waals surface area contributed by atoms with Crippen molar-refractivity contribution in [3.05, 3.63) is 67.1 Å². The average molecular weight is 491 g/mol. The van der Waals surface area contributed by atoms with Gasteiger partial charge in [-0.1, -0.05) is 12.8 Å². The number of imidazole rings is 1. The molecule has 0 aliphatic heterocycles. The van der Waals surface area contributed by atoms with Gasteiger partial charge in [-0.25, -0.2) is 9.97 Å². The SMILES string of the molecule is c1cc2[nH]c(-c3[nH]nc4ncc(-c5cncc(CNCC6CCCC6)c5)cc34)nc2c(-c2ccoc2)n1. The summed E-state index contributed by atoms with van der Waals surface area (Å²) < 4.78 is 5.25. The molecule has 3 N–H and O–H groups in total. The van der Waals surface area contributed by atoms with Crippen LogP contribution in [-0.4, -0.2) is 41.7 Å². The third-order valence-corrected chi connectivity index (χ3v) is 7.21. The minimum absolute atomic E-state index is 0.634. The van der Waals surface area contributed by atoms with Crippen LogP contribution in [0.2, 0.25) is 0 Å². The molecule has 0 bridgehead atoms. The maximum Gasteiger partial charge on any atom is 0.181 e. The Hall–Kier alpha value is -4.37. The number of pyridine rings is 3. The van der Waals surface area contributed by atoms with Crippen LogP contribution in [0.25, 0.3) is 56.0 Å². The summed E-state index contributed by atoms with van der Waals surface area (Å²) in [5.74, 6) is 1.49. The lowest BCUT2D eigenvalue weighted by Gasteiger charge is -2.11. The Morgan fingerprint density at radius 3 is 2.81 bits per heavy atom. The summed E-state index contributed by atoms with van der Waals surface area (Å²) in [6.45, 7) is 1.89. The van der Waals surface area contributed by atoms with Crippen LogP contribution in [0.5, 0.6) is 0 Å². The van der Waals surface area contributed by atoms with Gasteiger partial charge in [0.15, 0.2) is 11.5 Å². The first-order valence-electron chi connectivity index (χ1n) is 12.7. The molecule has 6 heterocycles. The first-order chi connectivity index (χ1) is 18.3. The number of H-pyrrole nitrogens is 2. The fourth-order valence-electron chi connectivity index (χ4n) is 5.28. The molecule has 7 rings (SSSR count). The molecule has 6 aromatic heterocycles. The highest BCUT2D eigenvalue weighted by Crippen LogP contribution is 2.32. The van der Waals surface area contributed by atoms with Crippen molar-refractivity contribution in [3.63, 3.8) is 0 Å². The van der Waals surface area contributed by atoms with Gasteiger partial charge in [-0.05, 0) is 55.1 Å². The van der Waals surface area contributed by atoms with Crippen molar-refractivity contribution in [1.29, 1.82) is 0 Å². The number of aromatic nitrogens is 7. The van der Waals surface area contributed by atoms with Crippen molar-refractivity contribution >= 4 is 22.1 Å². The quantitative estimate of drug-likeness (QED) is 0.270. The lowest BCUT2D eigenvalue weighted by atomic mass is 10.1. The number of rotatable bonds is 7. The molecule has 0 unspecified atom stereocenters. The summed E-state index contributed by atoms with van der Waals surface area (Å²) in [6, 6.07) is 8.07. The number of hydrogen-bond acceptors (Lipinski definition) is 7. The molecule has 0 atom stereocenters. The molecule has 0 saturated heterocycles. The number of furan rings is 1. The number of nitrogens with zero attached hydrogens (tertiary/aromatic N) is 5. The number of nitrogens with one attached hydrogen (secondary N) is 3. The molecule has 9 nitrogen and oxygen atoms in total. The Labute approximate surface area is 212 Å². The van der Waals surface area contributed by atoms with E-state index in [0.717, 1.165) is 63.5 Å². The molecular formula is C28H26N8O. The molecule has 184 valence electrons. The molecule has 9 heteroatoms. The first-order valence-corrected chi connectivity index (χ1v) is 12.7. The van der Waals surface area contributed by atoms with E-state index in [4.69, 9.17) is 9.40 Å². The van der Waals surface area contributed by atoms with Crippen LogP contribution in [-0.2, 0) is 6.54 Å². The molecule has 37 heavy (non-hydrogen) atoms. The minimum Gasteiger partial charge on any atom is -0.472 e.